The van der Waals surface area contributed by atoms with E-state index in [1.165, 1.54) is 25.0 Å². The van der Waals surface area contributed by atoms with Crippen molar-refractivity contribution >= 4 is 0 Å². The van der Waals surface area contributed by atoms with Gasteiger partial charge in [0.25, 0.3) is 0 Å². The third-order valence-corrected chi connectivity index (χ3v) is 3.46. The first-order chi connectivity index (χ1) is 7.49. The summed E-state index contributed by atoms with van der Waals surface area (Å²) >= 11 is 0. The maximum atomic E-state index is 4.17. The number of piperidine rings is 1. The molecule has 1 saturated heterocycles. The quantitative estimate of drug-likeness (QED) is 0.722. The van der Waals surface area contributed by atoms with Crippen molar-refractivity contribution in [2.24, 2.45) is 5.92 Å². The van der Waals surface area contributed by atoms with E-state index in [9.17, 15) is 0 Å². The molecular weight excluding hydrogens is 196 g/mol. The molecule has 2 unspecified atom stereocenters. The number of likely N-dealkylation sites (tertiary alicyclic amines) is 1. The Balaban J connectivity index is 2.28. The minimum atomic E-state index is 0.551. The lowest BCUT2D eigenvalue weighted by atomic mass is 9.93. The number of rotatable bonds is 5. The SMILES string of the molecule is C=C(CNC(C)C)CN1CCC(C)CC1C. The smallest absolute Gasteiger partial charge is 0.0205 e. The van der Waals surface area contributed by atoms with Crippen LogP contribution in [0.15, 0.2) is 12.2 Å². The standard InChI is InChI=1S/C14H28N2/c1-11(2)15-9-13(4)10-16-7-6-12(3)8-14(16)5/h11-12,14-15H,4,6-10H2,1-3,5H3. The second-order valence-corrected chi connectivity index (χ2v) is 5.73. The molecule has 1 aliphatic rings. The summed E-state index contributed by atoms with van der Waals surface area (Å²) in [6, 6.07) is 1.27. The Morgan fingerprint density at radius 2 is 2.12 bits per heavy atom. The second kappa shape index (κ2) is 6.41. The Morgan fingerprint density at radius 1 is 1.44 bits per heavy atom. The highest BCUT2D eigenvalue weighted by atomic mass is 15.2. The summed E-state index contributed by atoms with van der Waals surface area (Å²) in [7, 11) is 0. The second-order valence-electron chi connectivity index (χ2n) is 5.73. The molecule has 0 spiro atoms. The molecule has 1 N–H and O–H groups in total. The lowest BCUT2D eigenvalue weighted by Gasteiger charge is -2.37. The third-order valence-electron chi connectivity index (χ3n) is 3.46. The highest BCUT2D eigenvalue weighted by Crippen LogP contribution is 2.22. The molecule has 0 saturated carbocycles. The van der Waals surface area contributed by atoms with Crippen molar-refractivity contribution in [3.8, 4) is 0 Å². The molecular formula is C14H28N2. The highest BCUT2D eigenvalue weighted by molar-refractivity contribution is 5.01. The van der Waals surface area contributed by atoms with Crippen LogP contribution in [0.1, 0.15) is 40.5 Å². The van der Waals surface area contributed by atoms with E-state index in [-0.39, 0.29) is 0 Å². The van der Waals surface area contributed by atoms with Crippen molar-refractivity contribution in [3.63, 3.8) is 0 Å². The van der Waals surface area contributed by atoms with Crippen molar-refractivity contribution in [1.82, 2.24) is 10.2 Å². The van der Waals surface area contributed by atoms with Gasteiger partial charge in [0, 0.05) is 25.2 Å². The van der Waals surface area contributed by atoms with Crippen LogP contribution >= 0.6 is 0 Å². The van der Waals surface area contributed by atoms with Gasteiger partial charge in [0.05, 0.1) is 0 Å². The van der Waals surface area contributed by atoms with E-state index in [2.05, 4.69) is 44.5 Å². The molecule has 0 aromatic rings. The van der Waals surface area contributed by atoms with Gasteiger partial charge >= 0.3 is 0 Å². The predicted octanol–water partition coefficient (Wildman–Crippen LogP) is 2.66. The van der Waals surface area contributed by atoms with Gasteiger partial charge in [-0.05, 0) is 37.8 Å². The van der Waals surface area contributed by atoms with Crippen molar-refractivity contribution < 1.29 is 0 Å². The van der Waals surface area contributed by atoms with E-state index in [4.69, 9.17) is 0 Å². The van der Waals surface area contributed by atoms with E-state index >= 15 is 0 Å². The number of nitrogens with one attached hydrogen (secondary N) is 1. The molecule has 1 aliphatic heterocycles. The van der Waals surface area contributed by atoms with Crippen molar-refractivity contribution in [2.75, 3.05) is 19.6 Å². The molecule has 0 radical (unpaired) electrons. The van der Waals surface area contributed by atoms with Gasteiger partial charge in [0.15, 0.2) is 0 Å². The van der Waals surface area contributed by atoms with Crippen molar-refractivity contribution in [2.45, 2.75) is 52.6 Å². The van der Waals surface area contributed by atoms with Gasteiger partial charge in [-0.25, -0.2) is 0 Å². The van der Waals surface area contributed by atoms with Gasteiger partial charge in [-0.3, -0.25) is 4.90 Å². The van der Waals surface area contributed by atoms with Crippen molar-refractivity contribution in [1.29, 1.82) is 0 Å². The number of hydrogen-bond donors (Lipinski definition) is 1. The minimum absolute atomic E-state index is 0.551. The molecule has 0 aromatic carbocycles. The Morgan fingerprint density at radius 3 is 2.69 bits per heavy atom. The molecule has 0 aromatic heterocycles. The Labute approximate surface area is 101 Å². The average Bonchev–Trinajstić information content (AvgIpc) is 2.19. The fourth-order valence-corrected chi connectivity index (χ4v) is 2.38. The maximum absolute atomic E-state index is 4.17. The molecule has 2 nitrogen and oxygen atoms in total. The fourth-order valence-electron chi connectivity index (χ4n) is 2.38. The molecule has 2 heteroatoms. The van der Waals surface area contributed by atoms with Crippen LogP contribution in [0.2, 0.25) is 0 Å². The van der Waals surface area contributed by atoms with E-state index in [0.717, 1.165) is 25.0 Å². The molecule has 16 heavy (non-hydrogen) atoms. The molecule has 1 fully saturated rings. The Bertz CT molecular complexity index is 223. The van der Waals surface area contributed by atoms with Crippen LogP contribution in [0.5, 0.6) is 0 Å². The summed E-state index contributed by atoms with van der Waals surface area (Å²) in [4.78, 5) is 2.57. The van der Waals surface area contributed by atoms with Crippen LogP contribution in [0.25, 0.3) is 0 Å². The zero-order valence-electron chi connectivity index (χ0n) is 11.4. The predicted molar refractivity (Wildman–Crippen MR) is 71.7 cm³/mol. The first-order valence-corrected chi connectivity index (χ1v) is 6.63. The molecule has 94 valence electrons. The van der Waals surface area contributed by atoms with E-state index in [1.807, 2.05) is 0 Å². The largest absolute Gasteiger partial charge is 0.311 e. The summed E-state index contributed by atoms with van der Waals surface area (Å²) in [6.07, 6.45) is 2.68. The van der Waals surface area contributed by atoms with Gasteiger partial charge in [0.2, 0.25) is 0 Å². The van der Waals surface area contributed by atoms with Gasteiger partial charge < -0.3 is 5.32 Å². The topological polar surface area (TPSA) is 15.3 Å². The summed E-state index contributed by atoms with van der Waals surface area (Å²) in [6.45, 7) is 16.5. The van der Waals surface area contributed by atoms with Gasteiger partial charge in [-0.1, -0.05) is 27.4 Å². The maximum Gasteiger partial charge on any atom is 0.0205 e. The van der Waals surface area contributed by atoms with Crippen LogP contribution in [0.3, 0.4) is 0 Å². The highest BCUT2D eigenvalue weighted by Gasteiger charge is 2.22. The summed E-state index contributed by atoms with van der Waals surface area (Å²) in [5, 5.41) is 3.43. The lowest BCUT2D eigenvalue weighted by molar-refractivity contribution is 0.140. The zero-order valence-corrected chi connectivity index (χ0v) is 11.4. The van der Waals surface area contributed by atoms with Crippen LogP contribution in [-0.4, -0.2) is 36.6 Å². The third kappa shape index (κ3) is 4.67. The normalized spacial score (nSPS) is 27.3. The first-order valence-electron chi connectivity index (χ1n) is 6.63. The molecule has 0 aliphatic carbocycles. The summed E-state index contributed by atoms with van der Waals surface area (Å²) in [5.41, 5.74) is 1.31. The summed E-state index contributed by atoms with van der Waals surface area (Å²) in [5.74, 6) is 0.897. The lowest BCUT2D eigenvalue weighted by Crippen LogP contribution is -2.42. The van der Waals surface area contributed by atoms with E-state index in [1.54, 1.807) is 0 Å². The number of hydrogen-bond acceptors (Lipinski definition) is 2. The minimum Gasteiger partial charge on any atom is -0.311 e. The molecule has 0 bridgehead atoms. The summed E-state index contributed by atoms with van der Waals surface area (Å²) < 4.78 is 0. The molecule has 1 heterocycles. The van der Waals surface area contributed by atoms with Crippen LogP contribution in [-0.2, 0) is 0 Å². The van der Waals surface area contributed by atoms with Gasteiger partial charge in [-0.2, -0.15) is 0 Å². The first kappa shape index (κ1) is 13.7. The molecule has 2 atom stereocenters. The van der Waals surface area contributed by atoms with Crippen LogP contribution in [0, 0.1) is 5.92 Å². The van der Waals surface area contributed by atoms with Crippen LogP contribution < -0.4 is 5.32 Å². The average molecular weight is 224 g/mol. The zero-order chi connectivity index (χ0) is 12.1. The van der Waals surface area contributed by atoms with Crippen molar-refractivity contribution in [3.05, 3.63) is 12.2 Å². The van der Waals surface area contributed by atoms with Crippen LogP contribution in [0.4, 0.5) is 0 Å². The van der Waals surface area contributed by atoms with Gasteiger partial charge in [0.1, 0.15) is 0 Å². The fraction of sp³-hybridized carbons (Fsp3) is 0.857. The monoisotopic (exact) mass is 224 g/mol. The van der Waals surface area contributed by atoms with E-state index < -0.39 is 0 Å². The Kier molecular flexibility index (Phi) is 5.50. The number of nitrogens with zero attached hydrogens (tertiary/aromatic N) is 1. The van der Waals surface area contributed by atoms with E-state index in [0.29, 0.717) is 6.04 Å². The Hall–Kier alpha value is -0.340. The van der Waals surface area contributed by atoms with Gasteiger partial charge in [-0.15, -0.1) is 0 Å². The molecule has 1 rings (SSSR count). The molecule has 0 amide bonds.